The summed E-state index contributed by atoms with van der Waals surface area (Å²) in [6.07, 6.45) is 0.784. The van der Waals surface area contributed by atoms with Crippen molar-refractivity contribution in [3.05, 3.63) is 125 Å². The summed E-state index contributed by atoms with van der Waals surface area (Å²) in [5, 5.41) is 3.53. The molecule has 0 saturated heterocycles. The van der Waals surface area contributed by atoms with Crippen LogP contribution in [0.4, 0.5) is 10.1 Å². The molecule has 0 bridgehead atoms. The zero-order valence-electron chi connectivity index (χ0n) is 25.0. The van der Waals surface area contributed by atoms with E-state index >= 15 is 0 Å². The van der Waals surface area contributed by atoms with Gasteiger partial charge in [0.25, 0.3) is 15.9 Å². The van der Waals surface area contributed by atoms with Gasteiger partial charge in [-0.1, -0.05) is 67.9 Å². The fraction of sp³-hybridized carbons (Fsp3) is 0.235. The molecule has 2 N–H and O–H groups in total. The number of rotatable bonds is 14. The van der Waals surface area contributed by atoms with Gasteiger partial charge in [-0.05, 0) is 84.1 Å². The Hall–Kier alpha value is -4.41. The molecular formula is C34H35ClFN3O5S. The Kier molecular flexibility index (Phi) is 11.6. The Morgan fingerprint density at radius 2 is 1.53 bits per heavy atom. The topological polar surface area (TPSA) is 105 Å². The standard InChI is InChI=1S/C34H35ClFN3O5S/c1-24(2)20-21-37-34(41)33(26-6-4-3-5-7-26)39(22-25-8-10-27(35)11-9-25)32(40)23-44-30-16-18-31(19-17-30)45(42,43)38-29-14-12-28(36)13-15-29/h3-19,24,33,38H,20-23H2,1-2H3,(H,37,41)/t33-/m1/s1. The molecule has 0 aromatic heterocycles. The fourth-order valence-corrected chi connectivity index (χ4v) is 5.66. The molecule has 4 aromatic rings. The van der Waals surface area contributed by atoms with Crippen LogP contribution in [0.5, 0.6) is 5.75 Å². The summed E-state index contributed by atoms with van der Waals surface area (Å²) in [7, 11) is -3.95. The summed E-state index contributed by atoms with van der Waals surface area (Å²) < 4.78 is 46.9. The molecule has 236 valence electrons. The van der Waals surface area contributed by atoms with Crippen molar-refractivity contribution in [2.24, 2.45) is 5.92 Å². The van der Waals surface area contributed by atoms with E-state index in [1.807, 2.05) is 18.2 Å². The number of hydrogen-bond donors (Lipinski definition) is 2. The highest BCUT2D eigenvalue weighted by Crippen LogP contribution is 2.26. The SMILES string of the molecule is CC(C)CCNC(=O)[C@@H](c1ccccc1)N(Cc1ccc(Cl)cc1)C(=O)COc1ccc(S(=O)(=O)Nc2ccc(F)cc2)cc1. The predicted molar refractivity (Wildman–Crippen MR) is 173 cm³/mol. The largest absolute Gasteiger partial charge is 0.484 e. The van der Waals surface area contributed by atoms with E-state index < -0.39 is 34.4 Å². The number of amides is 2. The summed E-state index contributed by atoms with van der Waals surface area (Å²) in [5.41, 5.74) is 1.63. The quantitative estimate of drug-likeness (QED) is 0.160. The molecule has 0 saturated carbocycles. The molecule has 4 aromatic carbocycles. The van der Waals surface area contributed by atoms with Crippen molar-refractivity contribution < 1.29 is 27.1 Å². The monoisotopic (exact) mass is 651 g/mol. The summed E-state index contributed by atoms with van der Waals surface area (Å²) in [6.45, 7) is 4.31. The maximum absolute atomic E-state index is 13.8. The molecule has 0 aliphatic carbocycles. The van der Waals surface area contributed by atoms with Gasteiger partial charge in [0.1, 0.15) is 17.6 Å². The first-order valence-electron chi connectivity index (χ1n) is 14.4. The molecular weight excluding hydrogens is 617 g/mol. The lowest BCUT2D eigenvalue weighted by atomic mass is 10.0. The van der Waals surface area contributed by atoms with Crippen LogP contribution in [0.1, 0.15) is 37.4 Å². The first-order chi connectivity index (χ1) is 21.5. The predicted octanol–water partition coefficient (Wildman–Crippen LogP) is 6.59. The molecule has 0 radical (unpaired) electrons. The average Bonchev–Trinajstić information content (AvgIpc) is 3.02. The van der Waals surface area contributed by atoms with Gasteiger partial charge >= 0.3 is 0 Å². The first-order valence-corrected chi connectivity index (χ1v) is 16.3. The van der Waals surface area contributed by atoms with E-state index in [1.165, 1.54) is 41.3 Å². The summed E-state index contributed by atoms with van der Waals surface area (Å²) >= 11 is 6.09. The van der Waals surface area contributed by atoms with Crippen LogP contribution in [0.3, 0.4) is 0 Å². The number of carbonyl (C=O) groups is 2. The van der Waals surface area contributed by atoms with E-state index in [2.05, 4.69) is 23.9 Å². The Labute approximate surface area is 268 Å². The third-order valence-electron chi connectivity index (χ3n) is 6.88. The second-order valence-corrected chi connectivity index (χ2v) is 12.9. The number of nitrogens with one attached hydrogen (secondary N) is 2. The fourth-order valence-electron chi connectivity index (χ4n) is 4.47. The maximum atomic E-state index is 13.8. The molecule has 1 atom stereocenters. The van der Waals surface area contributed by atoms with Gasteiger partial charge in [-0.2, -0.15) is 0 Å². The molecule has 0 aliphatic rings. The van der Waals surface area contributed by atoms with Gasteiger partial charge in [-0.3, -0.25) is 14.3 Å². The van der Waals surface area contributed by atoms with Gasteiger partial charge < -0.3 is 15.0 Å². The van der Waals surface area contributed by atoms with Crippen LogP contribution in [0.25, 0.3) is 0 Å². The second-order valence-electron chi connectivity index (χ2n) is 10.8. The van der Waals surface area contributed by atoms with Gasteiger partial charge in [0.15, 0.2) is 6.61 Å². The number of ether oxygens (including phenoxy) is 1. The molecule has 0 heterocycles. The third-order valence-corrected chi connectivity index (χ3v) is 8.52. The van der Waals surface area contributed by atoms with Crippen LogP contribution in [0.15, 0.2) is 108 Å². The van der Waals surface area contributed by atoms with Gasteiger partial charge in [-0.25, -0.2) is 12.8 Å². The highest BCUT2D eigenvalue weighted by Gasteiger charge is 2.32. The van der Waals surface area contributed by atoms with Gasteiger partial charge in [0.05, 0.1) is 4.90 Å². The molecule has 0 fully saturated rings. The van der Waals surface area contributed by atoms with Crippen LogP contribution in [0, 0.1) is 11.7 Å². The lowest BCUT2D eigenvalue weighted by molar-refractivity contribution is -0.143. The molecule has 45 heavy (non-hydrogen) atoms. The average molecular weight is 652 g/mol. The van der Waals surface area contributed by atoms with E-state index in [0.29, 0.717) is 23.0 Å². The third kappa shape index (κ3) is 9.79. The summed E-state index contributed by atoms with van der Waals surface area (Å²) in [4.78, 5) is 28.8. The Morgan fingerprint density at radius 1 is 0.889 bits per heavy atom. The minimum Gasteiger partial charge on any atom is -0.484 e. The number of nitrogens with zero attached hydrogens (tertiary/aromatic N) is 1. The summed E-state index contributed by atoms with van der Waals surface area (Å²) in [5.74, 6) is -0.601. The Morgan fingerprint density at radius 3 is 2.16 bits per heavy atom. The molecule has 2 amide bonds. The highest BCUT2D eigenvalue weighted by atomic mass is 35.5. The smallest absolute Gasteiger partial charge is 0.261 e. The number of sulfonamides is 1. The number of hydrogen-bond acceptors (Lipinski definition) is 5. The first kappa shape index (κ1) is 33.5. The second kappa shape index (κ2) is 15.5. The molecule has 8 nitrogen and oxygen atoms in total. The molecule has 11 heteroatoms. The van der Waals surface area contributed by atoms with Crippen LogP contribution >= 0.6 is 11.6 Å². The number of halogens is 2. The van der Waals surface area contributed by atoms with Gasteiger partial charge in [-0.15, -0.1) is 0 Å². The lowest BCUT2D eigenvalue weighted by Crippen LogP contribution is -2.45. The Balaban J connectivity index is 1.53. The minimum atomic E-state index is -3.95. The van der Waals surface area contributed by atoms with Crippen LogP contribution < -0.4 is 14.8 Å². The van der Waals surface area contributed by atoms with Crippen molar-refractivity contribution in [3.63, 3.8) is 0 Å². The number of anilines is 1. The number of carbonyl (C=O) groups excluding carboxylic acids is 2. The van der Waals surface area contributed by atoms with Gasteiger partial charge in [0, 0.05) is 23.8 Å². The minimum absolute atomic E-state index is 0.0444. The van der Waals surface area contributed by atoms with E-state index in [4.69, 9.17) is 16.3 Å². The zero-order valence-corrected chi connectivity index (χ0v) is 26.5. The normalized spacial score (nSPS) is 11.9. The van der Waals surface area contributed by atoms with Crippen molar-refractivity contribution in [1.82, 2.24) is 10.2 Å². The van der Waals surface area contributed by atoms with Gasteiger partial charge in [0.2, 0.25) is 5.91 Å². The molecule has 0 aliphatic heterocycles. The lowest BCUT2D eigenvalue weighted by Gasteiger charge is -2.31. The van der Waals surface area contributed by atoms with Crippen LogP contribution in [0.2, 0.25) is 5.02 Å². The van der Waals surface area contributed by atoms with Crippen LogP contribution in [-0.2, 0) is 26.2 Å². The summed E-state index contributed by atoms with van der Waals surface area (Å²) in [6, 6.07) is 25.6. The van der Waals surface area contributed by atoms with E-state index in [-0.39, 0.29) is 28.8 Å². The van der Waals surface area contributed by atoms with Crippen molar-refractivity contribution in [2.45, 2.75) is 37.8 Å². The van der Waals surface area contributed by atoms with E-state index in [9.17, 15) is 22.4 Å². The zero-order chi connectivity index (χ0) is 32.4. The Bertz CT molecular complexity index is 1670. The van der Waals surface area contributed by atoms with Crippen molar-refractivity contribution in [2.75, 3.05) is 17.9 Å². The highest BCUT2D eigenvalue weighted by molar-refractivity contribution is 7.92. The van der Waals surface area contributed by atoms with Crippen LogP contribution in [-0.4, -0.2) is 38.3 Å². The number of benzene rings is 4. The van der Waals surface area contributed by atoms with Crippen molar-refractivity contribution in [1.29, 1.82) is 0 Å². The molecule has 0 spiro atoms. The molecule has 0 unspecified atom stereocenters. The maximum Gasteiger partial charge on any atom is 0.261 e. The van der Waals surface area contributed by atoms with E-state index in [1.54, 1.807) is 36.4 Å². The van der Waals surface area contributed by atoms with Crippen molar-refractivity contribution in [3.8, 4) is 5.75 Å². The van der Waals surface area contributed by atoms with Crippen molar-refractivity contribution >= 4 is 39.1 Å². The molecule has 4 rings (SSSR count). The van der Waals surface area contributed by atoms with E-state index in [0.717, 1.165) is 24.1 Å².